The first-order valence-corrected chi connectivity index (χ1v) is 7.13. The molecule has 2 rings (SSSR count). The van der Waals surface area contributed by atoms with Crippen molar-refractivity contribution in [3.8, 4) is 0 Å². The van der Waals surface area contributed by atoms with Gasteiger partial charge < -0.3 is 10.6 Å². The standard InChI is InChI=1S/C16H25N3/c1-16(2,15(17)18)9-12-19-10-7-13-5-3-4-6-14(13)8-11-19/h3-6H,7-12H2,1-2H3,(H3,17,18). The summed E-state index contributed by atoms with van der Waals surface area (Å²) in [6.45, 7) is 7.38. The zero-order chi connectivity index (χ0) is 13.9. The van der Waals surface area contributed by atoms with Gasteiger partial charge in [0.1, 0.15) is 0 Å². The number of hydrogen-bond acceptors (Lipinski definition) is 2. The summed E-state index contributed by atoms with van der Waals surface area (Å²) in [6, 6.07) is 8.76. The molecule has 1 aromatic carbocycles. The van der Waals surface area contributed by atoms with Gasteiger partial charge in [0.15, 0.2) is 0 Å². The average molecular weight is 259 g/mol. The van der Waals surface area contributed by atoms with E-state index in [2.05, 4.69) is 43.0 Å². The highest BCUT2D eigenvalue weighted by Gasteiger charge is 2.23. The predicted octanol–water partition coefficient (Wildman–Crippen LogP) is 2.44. The van der Waals surface area contributed by atoms with E-state index in [1.54, 1.807) is 0 Å². The summed E-state index contributed by atoms with van der Waals surface area (Å²) in [5.74, 6) is 0.297. The van der Waals surface area contributed by atoms with Crippen molar-refractivity contribution in [3.05, 3.63) is 35.4 Å². The van der Waals surface area contributed by atoms with Gasteiger partial charge in [0.25, 0.3) is 0 Å². The van der Waals surface area contributed by atoms with Gasteiger partial charge >= 0.3 is 0 Å². The minimum atomic E-state index is -0.181. The van der Waals surface area contributed by atoms with Crippen LogP contribution in [0.4, 0.5) is 0 Å². The lowest BCUT2D eigenvalue weighted by Crippen LogP contribution is -2.36. The maximum absolute atomic E-state index is 7.62. The van der Waals surface area contributed by atoms with E-state index < -0.39 is 0 Å². The molecule has 0 aliphatic carbocycles. The van der Waals surface area contributed by atoms with Crippen molar-refractivity contribution >= 4 is 5.84 Å². The fourth-order valence-electron chi connectivity index (χ4n) is 2.51. The molecule has 0 unspecified atom stereocenters. The van der Waals surface area contributed by atoms with E-state index in [4.69, 9.17) is 11.1 Å². The lowest BCUT2D eigenvalue weighted by Gasteiger charge is -2.27. The zero-order valence-electron chi connectivity index (χ0n) is 12.1. The maximum Gasteiger partial charge on any atom is 0.0963 e. The molecule has 19 heavy (non-hydrogen) atoms. The quantitative estimate of drug-likeness (QED) is 0.644. The number of nitrogens with two attached hydrogens (primary N) is 1. The zero-order valence-corrected chi connectivity index (χ0v) is 12.1. The number of fused-ring (bicyclic) bond motifs is 1. The summed E-state index contributed by atoms with van der Waals surface area (Å²) in [6.07, 6.45) is 3.23. The summed E-state index contributed by atoms with van der Waals surface area (Å²) in [5.41, 5.74) is 8.46. The second kappa shape index (κ2) is 5.74. The maximum atomic E-state index is 7.62. The summed E-state index contributed by atoms with van der Waals surface area (Å²) in [7, 11) is 0. The molecule has 0 spiro atoms. The smallest absolute Gasteiger partial charge is 0.0963 e. The second-order valence-corrected chi connectivity index (χ2v) is 6.16. The molecular formula is C16H25N3. The molecule has 1 aliphatic heterocycles. The Morgan fingerprint density at radius 1 is 1.21 bits per heavy atom. The third-order valence-corrected chi connectivity index (χ3v) is 4.30. The molecule has 0 fully saturated rings. The van der Waals surface area contributed by atoms with Crippen LogP contribution < -0.4 is 5.73 Å². The van der Waals surface area contributed by atoms with Crippen LogP contribution in [-0.4, -0.2) is 30.4 Å². The first-order chi connectivity index (χ1) is 8.99. The summed E-state index contributed by atoms with van der Waals surface area (Å²) in [4.78, 5) is 2.50. The molecule has 3 heteroatoms. The van der Waals surface area contributed by atoms with Crippen molar-refractivity contribution in [3.63, 3.8) is 0 Å². The van der Waals surface area contributed by atoms with Crippen molar-refractivity contribution in [2.75, 3.05) is 19.6 Å². The minimum absolute atomic E-state index is 0.181. The molecule has 0 saturated carbocycles. The van der Waals surface area contributed by atoms with Crippen LogP contribution in [0.5, 0.6) is 0 Å². The number of nitrogens with one attached hydrogen (secondary N) is 1. The molecule has 0 aromatic heterocycles. The van der Waals surface area contributed by atoms with Crippen LogP contribution >= 0.6 is 0 Å². The number of benzene rings is 1. The van der Waals surface area contributed by atoms with Gasteiger partial charge in [-0.15, -0.1) is 0 Å². The SMILES string of the molecule is CC(C)(CCN1CCc2ccccc2CC1)C(=N)N. The Labute approximate surface area is 116 Å². The van der Waals surface area contributed by atoms with E-state index in [-0.39, 0.29) is 5.41 Å². The first kappa shape index (κ1) is 14.1. The molecule has 0 atom stereocenters. The number of nitrogens with zero attached hydrogens (tertiary/aromatic N) is 1. The topological polar surface area (TPSA) is 53.1 Å². The van der Waals surface area contributed by atoms with Gasteiger partial charge in [-0.3, -0.25) is 5.41 Å². The fraction of sp³-hybridized carbons (Fsp3) is 0.562. The van der Waals surface area contributed by atoms with Crippen LogP contribution in [-0.2, 0) is 12.8 Å². The van der Waals surface area contributed by atoms with Gasteiger partial charge in [-0.2, -0.15) is 0 Å². The van der Waals surface area contributed by atoms with Crippen molar-refractivity contribution in [1.29, 1.82) is 5.41 Å². The molecule has 1 aliphatic rings. The number of amidine groups is 1. The Bertz CT molecular complexity index is 424. The van der Waals surface area contributed by atoms with Gasteiger partial charge in [-0.1, -0.05) is 38.1 Å². The van der Waals surface area contributed by atoms with Crippen LogP contribution in [0.25, 0.3) is 0 Å². The van der Waals surface area contributed by atoms with E-state index in [1.165, 1.54) is 11.1 Å². The first-order valence-electron chi connectivity index (χ1n) is 7.13. The molecule has 1 aromatic rings. The Morgan fingerprint density at radius 2 is 1.74 bits per heavy atom. The van der Waals surface area contributed by atoms with Crippen molar-refractivity contribution in [2.24, 2.45) is 11.1 Å². The highest BCUT2D eigenvalue weighted by atomic mass is 15.1. The molecule has 0 bridgehead atoms. The second-order valence-electron chi connectivity index (χ2n) is 6.16. The van der Waals surface area contributed by atoms with Gasteiger partial charge in [-0.05, 0) is 36.9 Å². The van der Waals surface area contributed by atoms with Gasteiger partial charge in [0, 0.05) is 18.5 Å². The van der Waals surface area contributed by atoms with Crippen LogP contribution in [0.2, 0.25) is 0 Å². The van der Waals surface area contributed by atoms with Crippen LogP contribution in [0.3, 0.4) is 0 Å². The monoisotopic (exact) mass is 259 g/mol. The molecular weight excluding hydrogens is 234 g/mol. The molecule has 0 amide bonds. The van der Waals surface area contributed by atoms with Gasteiger partial charge in [-0.25, -0.2) is 0 Å². The molecule has 0 radical (unpaired) electrons. The average Bonchev–Trinajstić information content (AvgIpc) is 2.59. The van der Waals surface area contributed by atoms with Crippen molar-refractivity contribution < 1.29 is 0 Å². The van der Waals surface area contributed by atoms with Crippen LogP contribution in [0.15, 0.2) is 24.3 Å². The number of rotatable bonds is 4. The minimum Gasteiger partial charge on any atom is -0.387 e. The highest BCUT2D eigenvalue weighted by Crippen LogP contribution is 2.21. The van der Waals surface area contributed by atoms with E-state index >= 15 is 0 Å². The number of hydrogen-bond donors (Lipinski definition) is 2. The largest absolute Gasteiger partial charge is 0.387 e. The highest BCUT2D eigenvalue weighted by molar-refractivity contribution is 5.82. The Morgan fingerprint density at radius 3 is 2.21 bits per heavy atom. The predicted molar refractivity (Wildman–Crippen MR) is 80.6 cm³/mol. The third kappa shape index (κ3) is 3.57. The molecule has 3 N–H and O–H groups in total. The molecule has 1 heterocycles. The lowest BCUT2D eigenvalue weighted by atomic mass is 9.88. The Kier molecular flexibility index (Phi) is 4.25. The fourth-order valence-corrected chi connectivity index (χ4v) is 2.51. The summed E-state index contributed by atoms with van der Waals surface area (Å²) in [5, 5.41) is 7.62. The van der Waals surface area contributed by atoms with Crippen LogP contribution in [0.1, 0.15) is 31.4 Å². The Hall–Kier alpha value is -1.35. The van der Waals surface area contributed by atoms with Crippen LogP contribution in [0, 0.1) is 10.8 Å². The van der Waals surface area contributed by atoms with E-state index in [9.17, 15) is 0 Å². The summed E-state index contributed by atoms with van der Waals surface area (Å²) >= 11 is 0. The third-order valence-electron chi connectivity index (χ3n) is 4.30. The van der Waals surface area contributed by atoms with E-state index in [0.29, 0.717) is 5.84 Å². The van der Waals surface area contributed by atoms with E-state index in [1.807, 2.05) is 0 Å². The normalized spacial score (nSPS) is 16.7. The van der Waals surface area contributed by atoms with E-state index in [0.717, 1.165) is 38.9 Å². The molecule has 0 saturated heterocycles. The molecule has 104 valence electrons. The van der Waals surface area contributed by atoms with Crippen molar-refractivity contribution in [2.45, 2.75) is 33.1 Å². The Balaban J connectivity index is 1.90. The van der Waals surface area contributed by atoms with Gasteiger partial charge in [0.2, 0.25) is 0 Å². The summed E-state index contributed by atoms with van der Waals surface area (Å²) < 4.78 is 0. The van der Waals surface area contributed by atoms with Crippen molar-refractivity contribution in [1.82, 2.24) is 4.90 Å². The lowest BCUT2D eigenvalue weighted by molar-refractivity contribution is 0.255. The van der Waals surface area contributed by atoms with Gasteiger partial charge in [0.05, 0.1) is 5.84 Å². The molecule has 3 nitrogen and oxygen atoms in total.